The Morgan fingerprint density at radius 2 is 0.727 bits per heavy atom. The minimum absolute atomic E-state index is 1.14. The molecular weight excluding hydrogens is 264 g/mol. The van der Waals surface area contributed by atoms with Crippen LogP contribution in [-0.2, 0) is 0 Å². The highest BCUT2D eigenvalue weighted by atomic mass is 14.0. The van der Waals surface area contributed by atoms with Gasteiger partial charge in [0.25, 0.3) is 0 Å². The Hall–Kier alpha value is -2.60. The third-order valence-electron chi connectivity index (χ3n) is 3.19. The van der Waals surface area contributed by atoms with Crippen LogP contribution in [0.25, 0.3) is 11.1 Å². The van der Waals surface area contributed by atoms with Gasteiger partial charge in [0.2, 0.25) is 0 Å². The first-order valence-electron chi connectivity index (χ1n) is 7.70. The van der Waals surface area contributed by atoms with E-state index >= 15 is 0 Å². The smallest absolute Gasteiger partial charge is 0.0163 e. The van der Waals surface area contributed by atoms with Crippen LogP contribution in [0.5, 0.6) is 0 Å². The molecule has 110 valence electrons. The molecule has 0 amide bonds. The van der Waals surface area contributed by atoms with E-state index < -0.39 is 0 Å². The second kappa shape index (κ2) is 10.2. The molecule has 0 radical (unpaired) electrons. The molecule has 0 saturated carbocycles. The van der Waals surface area contributed by atoms with Crippen molar-refractivity contribution in [2.24, 2.45) is 0 Å². The van der Waals surface area contributed by atoms with Gasteiger partial charge >= 0.3 is 0 Å². The molecule has 22 heavy (non-hydrogen) atoms. The van der Waals surface area contributed by atoms with E-state index in [0.717, 1.165) is 12.8 Å². The summed E-state index contributed by atoms with van der Waals surface area (Å²) in [5, 5.41) is 0. The number of hydrogen-bond donors (Lipinski definition) is 0. The Kier molecular flexibility index (Phi) is 7.30. The van der Waals surface area contributed by atoms with Crippen molar-refractivity contribution in [3.8, 4) is 11.1 Å². The summed E-state index contributed by atoms with van der Waals surface area (Å²) >= 11 is 0. The van der Waals surface area contributed by atoms with Crippen molar-refractivity contribution in [2.75, 3.05) is 0 Å². The lowest BCUT2D eigenvalue weighted by atomic mass is 10.1. The topological polar surface area (TPSA) is 0 Å². The van der Waals surface area contributed by atoms with E-state index in [1.54, 1.807) is 0 Å². The highest BCUT2D eigenvalue weighted by molar-refractivity contribution is 5.62. The van der Waals surface area contributed by atoms with E-state index in [0.29, 0.717) is 0 Å². The predicted octanol–water partition coefficient (Wildman–Crippen LogP) is 6.36. The lowest BCUT2D eigenvalue weighted by molar-refractivity contribution is 1.45. The number of benzene rings is 2. The normalized spacial score (nSPS) is 13.3. The van der Waals surface area contributed by atoms with Crippen LogP contribution in [-0.4, -0.2) is 0 Å². The largest absolute Gasteiger partial charge is 0.0808 e. The molecule has 0 spiro atoms. The van der Waals surface area contributed by atoms with E-state index in [9.17, 15) is 0 Å². The van der Waals surface area contributed by atoms with E-state index in [-0.39, 0.29) is 0 Å². The van der Waals surface area contributed by atoms with Crippen LogP contribution >= 0.6 is 0 Å². The van der Waals surface area contributed by atoms with Gasteiger partial charge in [0.05, 0.1) is 0 Å². The van der Waals surface area contributed by atoms with E-state index in [1.165, 1.54) is 11.1 Å². The number of hydrogen-bond acceptors (Lipinski definition) is 0. The minimum Gasteiger partial charge on any atom is -0.0808 e. The molecular formula is C22H22. The molecule has 0 aliphatic heterocycles. The highest BCUT2D eigenvalue weighted by Crippen LogP contribution is 2.17. The average molecular weight is 286 g/mol. The Labute approximate surface area is 133 Å². The second-order valence-electron chi connectivity index (χ2n) is 4.92. The van der Waals surface area contributed by atoms with Gasteiger partial charge in [-0.25, -0.2) is 0 Å². The third kappa shape index (κ3) is 6.23. The Balaban J connectivity index is 0.000000145. The van der Waals surface area contributed by atoms with Crippen molar-refractivity contribution in [3.63, 3.8) is 0 Å². The summed E-state index contributed by atoms with van der Waals surface area (Å²) in [6.07, 6.45) is 19.0. The van der Waals surface area contributed by atoms with Gasteiger partial charge in [-0.1, -0.05) is 109 Å². The maximum absolute atomic E-state index is 2.12. The molecule has 0 fully saturated rings. The van der Waals surface area contributed by atoms with E-state index in [4.69, 9.17) is 0 Å². The molecule has 0 nitrogen and oxygen atoms in total. The molecule has 0 N–H and O–H groups in total. The van der Waals surface area contributed by atoms with Crippen molar-refractivity contribution in [2.45, 2.75) is 12.8 Å². The summed E-state index contributed by atoms with van der Waals surface area (Å²) in [6, 6.07) is 20.8. The van der Waals surface area contributed by atoms with Gasteiger partial charge < -0.3 is 0 Å². The lowest BCUT2D eigenvalue weighted by Crippen LogP contribution is -1.73. The first-order valence-corrected chi connectivity index (χ1v) is 7.70. The summed E-state index contributed by atoms with van der Waals surface area (Å²) in [4.78, 5) is 0. The summed E-state index contributed by atoms with van der Waals surface area (Å²) in [7, 11) is 0. The molecule has 0 saturated heterocycles. The Morgan fingerprint density at radius 3 is 0.955 bits per heavy atom. The van der Waals surface area contributed by atoms with Crippen molar-refractivity contribution in [1.29, 1.82) is 0 Å². The molecule has 2 aromatic rings. The zero-order valence-electron chi connectivity index (χ0n) is 12.8. The maximum Gasteiger partial charge on any atom is -0.0163 e. The Bertz CT molecular complexity index is 549. The van der Waals surface area contributed by atoms with Gasteiger partial charge in [0, 0.05) is 0 Å². The quantitative estimate of drug-likeness (QED) is 0.572. The number of rotatable bonds is 1. The minimum atomic E-state index is 1.14. The van der Waals surface area contributed by atoms with Gasteiger partial charge in [-0.2, -0.15) is 0 Å². The van der Waals surface area contributed by atoms with Gasteiger partial charge in [0.1, 0.15) is 0 Å². The van der Waals surface area contributed by atoms with Gasteiger partial charge in [-0.15, -0.1) is 0 Å². The lowest BCUT2D eigenvalue weighted by Gasteiger charge is -1.98. The highest BCUT2D eigenvalue weighted by Gasteiger charge is 1.91. The molecule has 0 atom stereocenters. The third-order valence-corrected chi connectivity index (χ3v) is 3.19. The van der Waals surface area contributed by atoms with Crippen LogP contribution in [0.4, 0.5) is 0 Å². The van der Waals surface area contributed by atoms with Crippen LogP contribution in [0.3, 0.4) is 0 Å². The molecule has 2 aliphatic carbocycles. The average Bonchev–Trinajstić information content (AvgIpc) is 3.34. The Morgan fingerprint density at radius 1 is 0.409 bits per heavy atom. The zero-order valence-corrected chi connectivity index (χ0v) is 12.8. The fraction of sp³-hybridized carbons (Fsp3) is 0.0909. The van der Waals surface area contributed by atoms with Crippen molar-refractivity contribution >= 4 is 0 Å². The standard InChI is InChI=1S/C12H10.2C5H6/c1-3-7-11(8-4-1)12-9-5-2-6-10-12;2*1-2-4-5-3-1/h1-10H;2*1-4H,5H2. The molecule has 0 aromatic heterocycles. The van der Waals surface area contributed by atoms with E-state index in [2.05, 4.69) is 97.1 Å². The van der Waals surface area contributed by atoms with Gasteiger partial charge in [-0.05, 0) is 24.0 Å². The van der Waals surface area contributed by atoms with Crippen molar-refractivity contribution in [3.05, 3.63) is 109 Å². The van der Waals surface area contributed by atoms with Crippen LogP contribution in [0, 0.1) is 0 Å². The summed E-state index contributed by atoms with van der Waals surface area (Å²) in [6.45, 7) is 0. The number of allylic oxidation sites excluding steroid dienone is 8. The van der Waals surface area contributed by atoms with Gasteiger partial charge in [0.15, 0.2) is 0 Å². The fourth-order valence-corrected chi connectivity index (χ4v) is 2.05. The molecule has 2 aromatic carbocycles. The van der Waals surface area contributed by atoms with Crippen molar-refractivity contribution < 1.29 is 0 Å². The van der Waals surface area contributed by atoms with Crippen molar-refractivity contribution in [1.82, 2.24) is 0 Å². The zero-order chi connectivity index (χ0) is 15.3. The molecule has 0 heteroatoms. The first kappa shape index (κ1) is 15.8. The fourth-order valence-electron chi connectivity index (χ4n) is 2.05. The molecule has 0 heterocycles. The van der Waals surface area contributed by atoms with Crippen LogP contribution < -0.4 is 0 Å². The monoisotopic (exact) mass is 286 g/mol. The summed E-state index contributed by atoms with van der Waals surface area (Å²) < 4.78 is 0. The van der Waals surface area contributed by atoms with Crippen LogP contribution in [0.2, 0.25) is 0 Å². The van der Waals surface area contributed by atoms with Crippen LogP contribution in [0.15, 0.2) is 109 Å². The molecule has 0 bridgehead atoms. The summed E-state index contributed by atoms with van der Waals surface area (Å²) in [5.41, 5.74) is 2.55. The summed E-state index contributed by atoms with van der Waals surface area (Å²) in [5.74, 6) is 0. The van der Waals surface area contributed by atoms with E-state index in [1.807, 2.05) is 12.1 Å². The predicted molar refractivity (Wildman–Crippen MR) is 97.7 cm³/mol. The SMILES string of the molecule is C1=CCC=C1.C1=CCC=C1.c1ccc(-c2ccccc2)cc1. The van der Waals surface area contributed by atoms with Gasteiger partial charge in [-0.3, -0.25) is 0 Å². The molecule has 4 rings (SSSR count). The second-order valence-corrected chi connectivity index (χ2v) is 4.92. The first-order chi connectivity index (χ1) is 11.0. The molecule has 2 aliphatic rings. The molecule has 0 unspecified atom stereocenters. The maximum atomic E-state index is 2.12. The van der Waals surface area contributed by atoms with Crippen LogP contribution in [0.1, 0.15) is 12.8 Å².